The number of benzene rings is 1. The van der Waals surface area contributed by atoms with E-state index in [4.69, 9.17) is 21.1 Å². The van der Waals surface area contributed by atoms with Crippen molar-refractivity contribution in [1.82, 2.24) is 24.7 Å². The first kappa shape index (κ1) is 24.8. The number of hydrogen-bond donors (Lipinski definition) is 1. The summed E-state index contributed by atoms with van der Waals surface area (Å²) in [4.78, 5) is 12.1. The fourth-order valence-corrected chi connectivity index (χ4v) is 3.07. The summed E-state index contributed by atoms with van der Waals surface area (Å²) >= 11 is 6.30. The van der Waals surface area contributed by atoms with Crippen LogP contribution in [0.5, 0.6) is 5.75 Å². The van der Waals surface area contributed by atoms with Crippen LogP contribution in [0.1, 0.15) is 34.1 Å². The molecule has 0 saturated heterocycles. The van der Waals surface area contributed by atoms with Crippen molar-refractivity contribution in [2.75, 3.05) is 25.6 Å². The maximum absolute atomic E-state index is 15.8. The van der Waals surface area contributed by atoms with Crippen LogP contribution in [0.3, 0.4) is 0 Å². The van der Waals surface area contributed by atoms with Crippen LogP contribution in [0.4, 0.5) is 14.5 Å². The van der Waals surface area contributed by atoms with E-state index in [0.29, 0.717) is 13.0 Å². The normalized spacial score (nSPS) is 12.6. The predicted octanol–water partition coefficient (Wildman–Crippen LogP) is 4.92. The molecule has 178 valence electrons. The SMILES string of the molecule is COCCCOc1cc(F)c(-c2cnc(-n3cncn3)nc2Cl)c(F)c1NC(C)C(C)(C)C. The molecular weight excluding hydrogens is 454 g/mol. The van der Waals surface area contributed by atoms with Gasteiger partial charge in [-0.1, -0.05) is 32.4 Å². The van der Waals surface area contributed by atoms with Crippen LogP contribution in [0.25, 0.3) is 17.1 Å². The highest BCUT2D eigenvalue weighted by Crippen LogP contribution is 2.40. The summed E-state index contributed by atoms with van der Waals surface area (Å²) < 4.78 is 43.0. The summed E-state index contributed by atoms with van der Waals surface area (Å²) in [5.41, 5.74) is -0.497. The van der Waals surface area contributed by atoms with E-state index < -0.39 is 11.6 Å². The molecule has 0 aliphatic heterocycles. The number of methoxy groups -OCH3 is 1. The Hall–Kier alpha value is -2.85. The Morgan fingerprint density at radius 1 is 1.24 bits per heavy atom. The molecule has 1 unspecified atom stereocenters. The van der Waals surface area contributed by atoms with Crippen LogP contribution in [-0.2, 0) is 4.74 Å². The van der Waals surface area contributed by atoms with Gasteiger partial charge >= 0.3 is 0 Å². The lowest BCUT2D eigenvalue weighted by Gasteiger charge is -2.30. The van der Waals surface area contributed by atoms with Crippen molar-refractivity contribution in [3.8, 4) is 22.8 Å². The van der Waals surface area contributed by atoms with Crippen LogP contribution in [-0.4, -0.2) is 51.1 Å². The van der Waals surface area contributed by atoms with Gasteiger partial charge in [-0.25, -0.2) is 18.7 Å². The number of nitrogens with one attached hydrogen (secondary N) is 1. The minimum Gasteiger partial charge on any atom is -0.491 e. The van der Waals surface area contributed by atoms with Gasteiger partial charge in [0, 0.05) is 44.0 Å². The summed E-state index contributed by atoms with van der Waals surface area (Å²) in [5, 5.41) is 6.94. The van der Waals surface area contributed by atoms with Crippen molar-refractivity contribution in [1.29, 1.82) is 0 Å². The monoisotopic (exact) mass is 480 g/mol. The quantitative estimate of drug-likeness (QED) is 0.343. The van der Waals surface area contributed by atoms with E-state index in [-0.39, 0.29) is 51.7 Å². The lowest BCUT2D eigenvalue weighted by molar-refractivity contribution is 0.172. The number of hydrogen-bond acceptors (Lipinski definition) is 7. The molecule has 0 aliphatic carbocycles. The zero-order valence-corrected chi connectivity index (χ0v) is 20.0. The van der Waals surface area contributed by atoms with Crippen LogP contribution >= 0.6 is 11.6 Å². The molecule has 0 spiro atoms. The number of halogens is 3. The van der Waals surface area contributed by atoms with Gasteiger partial charge in [-0.05, 0) is 12.3 Å². The Kier molecular flexibility index (Phi) is 7.80. The molecule has 2 aromatic heterocycles. The van der Waals surface area contributed by atoms with Crippen molar-refractivity contribution in [2.45, 2.75) is 40.2 Å². The minimum atomic E-state index is -0.845. The molecule has 1 atom stereocenters. The van der Waals surface area contributed by atoms with E-state index in [1.165, 1.54) is 23.5 Å². The Bertz CT molecular complexity index is 1090. The zero-order chi connectivity index (χ0) is 24.2. The molecule has 0 bridgehead atoms. The van der Waals surface area contributed by atoms with E-state index >= 15 is 8.78 Å². The standard InChI is InChI=1S/C22H27ClF2N6O2/c1-13(22(2,3)4)29-19-16(33-8-6-7-32-5)9-15(24)17(18(19)25)14-10-27-21(30-20(14)23)31-12-26-11-28-31/h9-13,29H,6-8H2,1-5H3. The Morgan fingerprint density at radius 3 is 2.61 bits per heavy atom. The van der Waals surface area contributed by atoms with E-state index in [9.17, 15) is 0 Å². The molecule has 3 aromatic rings. The minimum absolute atomic E-state index is 0.00734. The Morgan fingerprint density at radius 2 is 2.00 bits per heavy atom. The molecule has 11 heteroatoms. The van der Waals surface area contributed by atoms with E-state index in [0.717, 1.165) is 6.07 Å². The van der Waals surface area contributed by atoms with E-state index in [2.05, 4.69) is 25.4 Å². The maximum Gasteiger partial charge on any atom is 0.253 e. The first-order valence-electron chi connectivity index (χ1n) is 10.4. The largest absolute Gasteiger partial charge is 0.491 e. The molecule has 1 aromatic carbocycles. The van der Waals surface area contributed by atoms with Crippen molar-refractivity contribution in [3.05, 3.63) is 41.7 Å². The van der Waals surface area contributed by atoms with Crippen LogP contribution in [0.2, 0.25) is 5.15 Å². The van der Waals surface area contributed by atoms with Gasteiger partial charge in [0.15, 0.2) is 5.82 Å². The maximum atomic E-state index is 15.8. The second-order valence-corrected chi connectivity index (χ2v) is 8.92. The molecule has 1 N–H and O–H groups in total. The van der Waals surface area contributed by atoms with Crippen LogP contribution in [0.15, 0.2) is 24.9 Å². The predicted molar refractivity (Wildman–Crippen MR) is 122 cm³/mol. The highest BCUT2D eigenvalue weighted by atomic mass is 35.5. The van der Waals surface area contributed by atoms with Crippen molar-refractivity contribution in [2.24, 2.45) is 5.41 Å². The molecule has 33 heavy (non-hydrogen) atoms. The number of anilines is 1. The number of rotatable bonds is 9. The lowest BCUT2D eigenvalue weighted by atomic mass is 9.88. The highest BCUT2D eigenvalue weighted by Gasteiger charge is 2.27. The summed E-state index contributed by atoms with van der Waals surface area (Å²) in [5.74, 6) is -1.49. The van der Waals surface area contributed by atoms with Gasteiger partial charge in [0.25, 0.3) is 5.95 Å². The van der Waals surface area contributed by atoms with Crippen LogP contribution in [0, 0.1) is 17.0 Å². The first-order valence-corrected chi connectivity index (χ1v) is 10.8. The zero-order valence-electron chi connectivity index (χ0n) is 19.2. The molecule has 0 radical (unpaired) electrons. The smallest absolute Gasteiger partial charge is 0.253 e. The van der Waals surface area contributed by atoms with Gasteiger partial charge in [-0.3, -0.25) is 0 Å². The number of aromatic nitrogens is 5. The van der Waals surface area contributed by atoms with Gasteiger partial charge in [-0.15, -0.1) is 0 Å². The summed E-state index contributed by atoms with van der Waals surface area (Å²) in [6, 6.07) is 0.984. The summed E-state index contributed by atoms with van der Waals surface area (Å²) in [6.45, 7) is 8.66. The summed E-state index contributed by atoms with van der Waals surface area (Å²) in [6.07, 6.45) is 4.52. The van der Waals surface area contributed by atoms with Crippen molar-refractivity contribution >= 4 is 17.3 Å². The molecule has 0 fully saturated rings. The molecule has 0 saturated carbocycles. The van der Waals surface area contributed by atoms with Crippen molar-refractivity contribution in [3.63, 3.8) is 0 Å². The highest BCUT2D eigenvalue weighted by molar-refractivity contribution is 6.32. The van der Waals surface area contributed by atoms with E-state index in [1.54, 1.807) is 7.11 Å². The molecule has 0 amide bonds. The van der Waals surface area contributed by atoms with Crippen molar-refractivity contribution < 1.29 is 18.3 Å². The van der Waals surface area contributed by atoms with E-state index in [1.807, 2.05) is 27.7 Å². The molecule has 8 nitrogen and oxygen atoms in total. The fraction of sp³-hybridized carbons (Fsp3) is 0.455. The second kappa shape index (κ2) is 10.4. The summed E-state index contributed by atoms with van der Waals surface area (Å²) in [7, 11) is 1.58. The Labute approximate surface area is 196 Å². The van der Waals surface area contributed by atoms with Gasteiger partial charge in [0.2, 0.25) is 0 Å². The third-order valence-corrected chi connectivity index (χ3v) is 5.50. The van der Waals surface area contributed by atoms with Gasteiger partial charge < -0.3 is 14.8 Å². The molecule has 2 heterocycles. The number of nitrogens with zero attached hydrogens (tertiary/aromatic N) is 5. The number of ether oxygens (including phenoxy) is 2. The van der Waals surface area contributed by atoms with Crippen LogP contribution < -0.4 is 10.1 Å². The lowest BCUT2D eigenvalue weighted by Crippen LogP contribution is -2.31. The average Bonchev–Trinajstić information content (AvgIpc) is 3.29. The second-order valence-electron chi connectivity index (χ2n) is 8.56. The third-order valence-electron chi connectivity index (χ3n) is 5.21. The fourth-order valence-electron chi connectivity index (χ4n) is 2.85. The average molecular weight is 481 g/mol. The molecule has 0 aliphatic rings. The molecule has 3 rings (SSSR count). The first-order chi connectivity index (χ1) is 15.6. The molecular formula is C22H27ClF2N6O2. The topological polar surface area (TPSA) is 87.0 Å². The van der Waals surface area contributed by atoms with Gasteiger partial charge in [0.1, 0.15) is 35.1 Å². The third kappa shape index (κ3) is 5.75. The Balaban J connectivity index is 2.05. The van der Waals surface area contributed by atoms with Gasteiger partial charge in [-0.2, -0.15) is 14.8 Å². The van der Waals surface area contributed by atoms with Gasteiger partial charge in [0.05, 0.1) is 12.2 Å².